The van der Waals surface area contributed by atoms with Crippen molar-refractivity contribution in [3.63, 3.8) is 0 Å². The van der Waals surface area contributed by atoms with E-state index in [1.165, 1.54) is 6.07 Å². The van der Waals surface area contributed by atoms with Gasteiger partial charge in [0, 0.05) is 11.8 Å². The summed E-state index contributed by atoms with van der Waals surface area (Å²) in [6.45, 7) is 0.105. The molecule has 7 heteroatoms. The van der Waals surface area contributed by atoms with Crippen molar-refractivity contribution >= 4 is 0 Å². The molecule has 1 aromatic heterocycles. The van der Waals surface area contributed by atoms with Gasteiger partial charge in [-0.25, -0.2) is 4.39 Å². The zero-order chi connectivity index (χ0) is 14.8. The first-order valence-electron chi connectivity index (χ1n) is 5.93. The Labute approximate surface area is 113 Å². The quantitative estimate of drug-likeness (QED) is 0.876. The summed E-state index contributed by atoms with van der Waals surface area (Å²) in [5, 5.41) is 6.53. The van der Waals surface area contributed by atoms with Crippen molar-refractivity contribution in [3.8, 4) is 0 Å². The van der Waals surface area contributed by atoms with Gasteiger partial charge in [0.25, 0.3) is 0 Å². The standard InChI is InChI=1S/C13H13F4N3/c1-18-12(10-4-2-3-5-11(10)14)8-20-7-9(6-19-20)13(15,16)17/h2-7,12,18H,8H2,1H3. The second-order valence-corrected chi connectivity index (χ2v) is 4.31. The van der Waals surface area contributed by atoms with Crippen LogP contribution in [0.2, 0.25) is 0 Å². The number of hydrogen-bond acceptors (Lipinski definition) is 2. The molecule has 0 spiro atoms. The van der Waals surface area contributed by atoms with Gasteiger partial charge in [-0.2, -0.15) is 18.3 Å². The van der Waals surface area contributed by atoms with E-state index < -0.39 is 23.6 Å². The molecular formula is C13H13F4N3. The van der Waals surface area contributed by atoms with Crippen LogP contribution in [-0.4, -0.2) is 16.8 Å². The van der Waals surface area contributed by atoms with Crippen molar-refractivity contribution in [2.45, 2.75) is 18.8 Å². The highest BCUT2D eigenvalue weighted by molar-refractivity contribution is 5.21. The number of nitrogens with one attached hydrogen (secondary N) is 1. The first-order chi connectivity index (χ1) is 9.41. The van der Waals surface area contributed by atoms with Crippen molar-refractivity contribution in [1.82, 2.24) is 15.1 Å². The zero-order valence-corrected chi connectivity index (χ0v) is 10.7. The summed E-state index contributed by atoms with van der Waals surface area (Å²) in [6, 6.07) is 5.67. The molecular weight excluding hydrogens is 274 g/mol. The molecule has 0 radical (unpaired) electrons. The average Bonchev–Trinajstić information content (AvgIpc) is 2.85. The third-order valence-corrected chi connectivity index (χ3v) is 2.96. The van der Waals surface area contributed by atoms with Gasteiger partial charge >= 0.3 is 6.18 Å². The van der Waals surface area contributed by atoms with Crippen LogP contribution in [0.3, 0.4) is 0 Å². The second-order valence-electron chi connectivity index (χ2n) is 4.31. The average molecular weight is 287 g/mol. The summed E-state index contributed by atoms with van der Waals surface area (Å²) in [6.07, 6.45) is -2.76. The van der Waals surface area contributed by atoms with E-state index in [2.05, 4.69) is 10.4 Å². The van der Waals surface area contributed by atoms with Crippen molar-refractivity contribution in [2.75, 3.05) is 7.05 Å². The summed E-state index contributed by atoms with van der Waals surface area (Å²) in [4.78, 5) is 0. The number of halogens is 4. The first kappa shape index (κ1) is 14.5. The van der Waals surface area contributed by atoms with Gasteiger partial charge in [0.2, 0.25) is 0 Å². The number of hydrogen-bond donors (Lipinski definition) is 1. The molecule has 0 fully saturated rings. The van der Waals surface area contributed by atoms with Crippen LogP contribution < -0.4 is 5.32 Å². The molecule has 0 bridgehead atoms. The van der Waals surface area contributed by atoms with E-state index >= 15 is 0 Å². The molecule has 0 aliphatic heterocycles. The van der Waals surface area contributed by atoms with Crippen molar-refractivity contribution in [2.24, 2.45) is 0 Å². The van der Waals surface area contributed by atoms with Gasteiger partial charge in [-0.15, -0.1) is 0 Å². The van der Waals surface area contributed by atoms with E-state index in [0.29, 0.717) is 5.56 Å². The Kier molecular flexibility index (Phi) is 4.08. The maximum Gasteiger partial charge on any atom is 0.419 e. The van der Waals surface area contributed by atoms with Crippen LogP contribution >= 0.6 is 0 Å². The highest BCUT2D eigenvalue weighted by Crippen LogP contribution is 2.29. The number of benzene rings is 1. The van der Waals surface area contributed by atoms with E-state index in [0.717, 1.165) is 17.1 Å². The highest BCUT2D eigenvalue weighted by atomic mass is 19.4. The van der Waals surface area contributed by atoms with Gasteiger partial charge in [0.15, 0.2) is 0 Å². The fourth-order valence-corrected chi connectivity index (χ4v) is 1.90. The van der Waals surface area contributed by atoms with Crippen LogP contribution in [0.25, 0.3) is 0 Å². The lowest BCUT2D eigenvalue weighted by molar-refractivity contribution is -0.137. The third-order valence-electron chi connectivity index (χ3n) is 2.96. The molecule has 0 saturated carbocycles. The highest BCUT2D eigenvalue weighted by Gasteiger charge is 2.32. The molecule has 0 aliphatic carbocycles. The van der Waals surface area contributed by atoms with Crippen LogP contribution in [0.1, 0.15) is 17.2 Å². The topological polar surface area (TPSA) is 29.9 Å². The fraction of sp³-hybridized carbons (Fsp3) is 0.308. The molecule has 2 rings (SSSR count). The first-order valence-corrected chi connectivity index (χ1v) is 5.93. The Morgan fingerprint density at radius 3 is 2.55 bits per heavy atom. The molecule has 0 aliphatic rings. The molecule has 3 nitrogen and oxygen atoms in total. The Morgan fingerprint density at radius 1 is 1.30 bits per heavy atom. The molecule has 1 unspecified atom stereocenters. The third kappa shape index (κ3) is 3.16. The van der Waals surface area contributed by atoms with E-state index in [4.69, 9.17) is 0 Å². The normalized spacial score (nSPS) is 13.4. The Balaban J connectivity index is 2.19. The summed E-state index contributed by atoms with van der Waals surface area (Å²) >= 11 is 0. The zero-order valence-electron chi connectivity index (χ0n) is 10.7. The summed E-state index contributed by atoms with van der Waals surface area (Å²) < 4.78 is 52.3. The van der Waals surface area contributed by atoms with Crippen LogP contribution in [-0.2, 0) is 12.7 Å². The van der Waals surface area contributed by atoms with Crippen molar-refractivity contribution < 1.29 is 17.6 Å². The van der Waals surface area contributed by atoms with Crippen LogP contribution in [0.5, 0.6) is 0 Å². The number of likely N-dealkylation sites (N-methyl/N-ethyl adjacent to an activating group) is 1. The van der Waals surface area contributed by atoms with Crippen LogP contribution in [0, 0.1) is 5.82 Å². The largest absolute Gasteiger partial charge is 0.419 e. The number of aromatic nitrogens is 2. The van der Waals surface area contributed by atoms with Crippen molar-refractivity contribution in [1.29, 1.82) is 0 Å². The molecule has 1 atom stereocenters. The van der Waals surface area contributed by atoms with Gasteiger partial charge in [-0.05, 0) is 13.1 Å². The number of nitrogens with zero attached hydrogens (tertiary/aromatic N) is 2. The maximum atomic E-state index is 13.7. The van der Waals surface area contributed by atoms with Gasteiger partial charge in [-0.1, -0.05) is 18.2 Å². The predicted octanol–water partition coefficient (Wildman–Crippen LogP) is 3.00. The van der Waals surface area contributed by atoms with Gasteiger partial charge in [-0.3, -0.25) is 4.68 Å². The minimum absolute atomic E-state index is 0.105. The lowest BCUT2D eigenvalue weighted by Crippen LogP contribution is -2.23. The fourth-order valence-electron chi connectivity index (χ4n) is 1.90. The SMILES string of the molecule is CNC(Cn1cc(C(F)(F)F)cn1)c1ccccc1F. The molecule has 108 valence electrons. The lowest BCUT2D eigenvalue weighted by atomic mass is 10.1. The monoisotopic (exact) mass is 287 g/mol. The number of alkyl halides is 3. The van der Waals surface area contributed by atoms with E-state index in [1.807, 2.05) is 0 Å². The molecule has 0 amide bonds. The summed E-state index contributed by atoms with van der Waals surface area (Å²) in [5.74, 6) is -0.407. The number of rotatable bonds is 4. The molecule has 1 heterocycles. The van der Waals surface area contributed by atoms with Crippen LogP contribution in [0.4, 0.5) is 17.6 Å². The van der Waals surface area contributed by atoms with E-state index in [-0.39, 0.29) is 6.54 Å². The minimum atomic E-state index is -4.43. The van der Waals surface area contributed by atoms with E-state index in [1.54, 1.807) is 25.2 Å². The Morgan fingerprint density at radius 2 is 2.00 bits per heavy atom. The molecule has 0 saturated heterocycles. The Hall–Kier alpha value is -1.89. The lowest BCUT2D eigenvalue weighted by Gasteiger charge is -2.17. The molecule has 20 heavy (non-hydrogen) atoms. The van der Waals surface area contributed by atoms with Gasteiger partial charge in [0.05, 0.1) is 24.3 Å². The summed E-state index contributed by atoms with van der Waals surface area (Å²) in [5.41, 5.74) is -0.431. The van der Waals surface area contributed by atoms with Gasteiger partial charge < -0.3 is 5.32 Å². The smallest absolute Gasteiger partial charge is 0.311 e. The van der Waals surface area contributed by atoms with E-state index in [9.17, 15) is 17.6 Å². The van der Waals surface area contributed by atoms with Crippen LogP contribution in [0.15, 0.2) is 36.7 Å². The predicted molar refractivity (Wildman–Crippen MR) is 65.4 cm³/mol. The Bertz CT molecular complexity index is 577. The van der Waals surface area contributed by atoms with Crippen molar-refractivity contribution in [3.05, 3.63) is 53.6 Å². The second kappa shape index (κ2) is 5.62. The molecule has 2 aromatic rings. The summed E-state index contributed by atoms with van der Waals surface area (Å²) in [7, 11) is 1.62. The van der Waals surface area contributed by atoms with Gasteiger partial charge in [0.1, 0.15) is 5.82 Å². The molecule has 1 aromatic carbocycles. The molecule has 1 N–H and O–H groups in total. The minimum Gasteiger partial charge on any atom is -0.311 e. The maximum absolute atomic E-state index is 13.7.